The summed E-state index contributed by atoms with van der Waals surface area (Å²) >= 11 is 9.62. The first-order valence-corrected chi connectivity index (χ1v) is 10.7. The van der Waals surface area contributed by atoms with Gasteiger partial charge in [0.05, 0.1) is 10.7 Å². The van der Waals surface area contributed by atoms with Gasteiger partial charge in [-0.2, -0.15) is 0 Å². The number of sulfonamides is 1. The molecule has 3 rings (SSSR count). The van der Waals surface area contributed by atoms with Gasteiger partial charge in [0.25, 0.3) is 10.0 Å². The van der Waals surface area contributed by atoms with E-state index in [0.717, 1.165) is 30.4 Å². The molecule has 0 aliphatic carbocycles. The molecule has 134 valence electrons. The van der Waals surface area contributed by atoms with Gasteiger partial charge >= 0.3 is 0 Å². The third kappa shape index (κ3) is 4.03. The van der Waals surface area contributed by atoms with Crippen LogP contribution in [0.3, 0.4) is 0 Å². The van der Waals surface area contributed by atoms with Gasteiger partial charge < -0.3 is 4.90 Å². The van der Waals surface area contributed by atoms with Gasteiger partial charge in [-0.25, -0.2) is 8.42 Å². The highest BCUT2D eigenvalue weighted by atomic mass is 79.9. The first-order valence-electron chi connectivity index (χ1n) is 8.12. The van der Waals surface area contributed by atoms with Gasteiger partial charge in [0, 0.05) is 10.5 Å². The summed E-state index contributed by atoms with van der Waals surface area (Å²) in [6, 6.07) is 13.9. The summed E-state index contributed by atoms with van der Waals surface area (Å²) < 4.78 is 29.3. The van der Waals surface area contributed by atoms with Crippen molar-refractivity contribution in [2.24, 2.45) is 0 Å². The molecular formula is C18H20BrClN2O2S. The topological polar surface area (TPSA) is 40.6 Å². The molecule has 0 spiro atoms. The summed E-state index contributed by atoms with van der Waals surface area (Å²) in [5.41, 5.74) is 0.665. The summed E-state index contributed by atoms with van der Waals surface area (Å²) in [4.78, 5) is 2.37. The molecule has 2 aromatic rings. The van der Waals surface area contributed by atoms with Crippen LogP contribution in [0.15, 0.2) is 57.9 Å². The Morgan fingerprint density at radius 3 is 2.28 bits per heavy atom. The fourth-order valence-electron chi connectivity index (χ4n) is 3.12. The van der Waals surface area contributed by atoms with Crippen molar-refractivity contribution in [2.45, 2.75) is 23.8 Å². The molecule has 25 heavy (non-hydrogen) atoms. The van der Waals surface area contributed by atoms with E-state index in [1.54, 1.807) is 28.6 Å². The van der Waals surface area contributed by atoms with Crippen molar-refractivity contribution in [3.05, 3.63) is 58.0 Å². The first kappa shape index (κ1) is 18.7. The molecule has 0 bridgehead atoms. The number of benzene rings is 2. The maximum atomic E-state index is 13.4. The van der Waals surface area contributed by atoms with Crippen LogP contribution in [0.4, 0.5) is 5.69 Å². The predicted octanol–water partition coefficient (Wildman–Crippen LogP) is 4.39. The summed E-state index contributed by atoms with van der Waals surface area (Å²) in [6.45, 7) is 1.74. The van der Waals surface area contributed by atoms with E-state index in [-0.39, 0.29) is 16.0 Å². The third-order valence-electron chi connectivity index (χ3n) is 4.47. The molecule has 0 amide bonds. The average molecular weight is 444 g/mol. The van der Waals surface area contributed by atoms with Crippen LogP contribution in [0.5, 0.6) is 0 Å². The van der Waals surface area contributed by atoms with Crippen LogP contribution < -0.4 is 4.31 Å². The van der Waals surface area contributed by atoms with Gasteiger partial charge in [0.1, 0.15) is 4.90 Å². The van der Waals surface area contributed by atoms with Crippen LogP contribution >= 0.6 is 27.5 Å². The highest BCUT2D eigenvalue weighted by Crippen LogP contribution is 2.33. The van der Waals surface area contributed by atoms with E-state index in [9.17, 15) is 8.42 Å². The van der Waals surface area contributed by atoms with Crippen molar-refractivity contribution in [2.75, 3.05) is 24.4 Å². The smallest absolute Gasteiger partial charge is 0.266 e. The number of likely N-dealkylation sites (tertiary alicyclic amines) is 1. The third-order valence-corrected chi connectivity index (χ3v) is 7.38. The van der Waals surface area contributed by atoms with Crippen LogP contribution in [-0.2, 0) is 10.0 Å². The Kier molecular flexibility index (Phi) is 5.73. The predicted molar refractivity (Wildman–Crippen MR) is 106 cm³/mol. The minimum absolute atomic E-state index is 0.0846. The summed E-state index contributed by atoms with van der Waals surface area (Å²) in [5.74, 6) is 0. The number of piperidine rings is 1. The SMILES string of the molecule is CN1CCC(N(c2ccc(Br)cc2)S(=O)(=O)c2ccccc2Cl)CC1. The van der Waals surface area contributed by atoms with E-state index in [1.807, 2.05) is 24.3 Å². The van der Waals surface area contributed by atoms with E-state index in [2.05, 4.69) is 27.9 Å². The molecule has 0 radical (unpaired) electrons. The van der Waals surface area contributed by atoms with Crippen molar-refractivity contribution in [1.29, 1.82) is 0 Å². The molecule has 1 aliphatic heterocycles. The molecule has 7 heteroatoms. The normalized spacial score (nSPS) is 16.8. The van der Waals surface area contributed by atoms with E-state index in [1.165, 1.54) is 0 Å². The Labute approximate surface area is 162 Å². The lowest BCUT2D eigenvalue weighted by molar-refractivity contribution is 0.257. The molecule has 0 N–H and O–H groups in total. The lowest BCUT2D eigenvalue weighted by atomic mass is 10.1. The zero-order valence-electron chi connectivity index (χ0n) is 13.9. The van der Waals surface area contributed by atoms with Gasteiger partial charge in [0.2, 0.25) is 0 Å². The Balaban J connectivity index is 2.07. The zero-order chi connectivity index (χ0) is 18.0. The average Bonchev–Trinajstić information content (AvgIpc) is 2.59. The number of anilines is 1. The van der Waals surface area contributed by atoms with Crippen molar-refractivity contribution in [3.63, 3.8) is 0 Å². The van der Waals surface area contributed by atoms with Crippen molar-refractivity contribution in [3.8, 4) is 0 Å². The summed E-state index contributed by atoms with van der Waals surface area (Å²) in [7, 11) is -1.69. The minimum Gasteiger partial charge on any atom is -0.306 e. The molecule has 0 saturated carbocycles. The van der Waals surface area contributed by atoms with Gasteiger partial charge in [-0.1, -0.05) is 39.7 Å². The van der Waals surface area contributed by atoms with Gasteiger partial charge in [-0.05, 0) is 69.4 Å². The Morgan fingerprint density at radius 2 is 1.68 bits per heavy atom. The molecular weight excluding hydrogens is 424 g/mol. The van der Waals surface area contributed by atoms with Crippen LogP contribution in [0.25, 0.3) is 0 Å². The molecule has 1 fully saturated rings. The van der Waals surface area contributed by atoms with Crippen LogP contribution in [0.1, 0.15) is 12.8 Å². The molecule has 4 nitrogen and oxygen atoms in total. The number of rotatable bonds is 4. The fraction of sp³-hybridized carbons (Fsp3) is 0.333. The lowest BCUT2D eigenvalue weighted by Crippen LogP contribution is -2.46. The van der Waals surface area contributed by atoms with E-state index in [0.29, 0.717) is 5.69 Å². The number of nitrogens with zero attached hydrogens (tertiary/aromatic N) is 2. The van der Waals surface area contributed by atoms with E-state index >= 15 is 0 Å². The van der Waals surface area contributed by atoms with Gasteiger partial charge in [-0.15, -0.1) is 0 Å². The van der Waals surface area contributed by atoms with Crippen molar-refractivity contribution in [1.82, 2.24) is 4.90 Å². The Morgan fingerprint density at radius 1 is 1.08 bits per heavy atom. The maximum Gasteiger partial charge on any atom is 0.266 e. The molecule has 1 saturated heterocycles. The molecule has 0 atom stereocenters. The Bertz CT molecular complexity index is 834. The molecule has 1 aliphatic rings. The number of hydrogen-bond donors (Lipinski definition) is 0. The molecule has 1 heterocycles. The number of halogens is 2. The number of hydrogen-bond acceptors (Lipinski definition) is 3. The van der Waals surface area contributed by atoms with E-state index in [4.69, 9.17) is 11.6 Å². The second-order valence-electron chi connectivity index (χ2n) is 6.24. The van der Waals surface area contributed by atoms with Crippen LogP contribution in [-0.4, -0.2) is 39.5 Å². The standard InChI is InChI=1S/C18H20BrClN2O2S/c1-21-12-10-16(11-13-21)22(15-8-6-14(19)7-9-15)25(23,24)18-5-3-2-4-17(18)20/h2-9,16H,10-13H2,1H3. The maximum absolute atomic E-state index is 13.4. The van der Waals surface area contributed by atoms with Crippen molar-refractivity contribution >= 4 is 43.2 Å². The second kappa shape index (κ2) is 7.66. The fourth-order valence-corrected chi connectivity index (χ4v) is 5.60. The van der Waals surface area contributed by atoms with Crippen molar-refractivity contribution < 1.29 is 8.42 Å². The Hall–Kier alpha value is -1.08. The largest absolute Gasteiger partial charge is 0.306 e. The second-order valence-corrected chi connectivity index (χ2v) is 9.35. The first-order chi connectivity index (χ1) is 11.9. The van der Waals surface area contributed by atoms with Gasteiger partial charge in [-0.3, -0.25) is 4.31 Å². The summed E-state index contributed by atoms with van der Waals surface area (Å²) in [6.07, 6.45) is 1.58. The zero-order valence-corrected chi connectivity index (χ0v) is 17.1. The van der Waals surface area contributed by atoms with Crippen LogP contribution in [0.2, 0.25) is 5.02 Å². The highest BCUT2D eigenvalue weighted by Gasteiger charge is 2.34. The quantitative estimate of drug-likeness (QED) is 0.703. The molecule has 0 aromatic heterocycles. The molecule has 2 aromatic carbocycles. The van der Waals surface area contributed by atoms with Crippen LogP contribution in [0, 0.1) is 0 Å². The summed E-state index contributed by atoms with van der Waals surface area (Å²) in [5, 5.41) is 0.248. The van der Waals surface area contributed by atoms with E-state index < -0.39 is 10.0 Å². The van der Waals surface area contributed by atoms with Gasteiger partial charge in [0.15, 0.2) is 0 Å². The monoisotopic (exact) mass is 442 g/mol. The molecule has 0 unspecified atom stereocenters. The highest BCUT2D eigenvalue weighted by molar-refractivity contribution is 9.10. The minimum atomic E-state index is -3.75. The lowest BCUT2D eigenvalue weighted by Gasteiger charge is -2.38.